The van der Waals surface area contributed by atoms with E-state index < -0.39 is 0 Å². The average molecular weight is 341 g/mol. The number of aromatic nitrogens is 4. The molecule has 2 atom stereocenters. The highest BCUT2D eigenvalue weighted by Gasteiger charge is 2.48. The summed E-state index contributed by atoms with van der Waals surface area (Å²) in [4.78, 5) is 22.0. The first-order valence-corrected chi connectivity index (χ1v) is 8.34. The van der Waals surface area contributed by atoms with Crippen molar-refractivity contribution in [3.63, 3.8) is 0 Å². The van der Waals surface area contributed by atoms with Crippen molar-refractivity contribution in [3.8, 4) is 11.3 Å². The van der Waals surface area contributed by atoms with Crippen molar-refractivity contribution in [3.05, 3.63) is 18.5 Å². The summed E-state index contributed by atoms with van der Waals surface area (Å²) in [6.07, 6.45) is 3.97. The van der Waals surface area contributed by atoms with Gasteiger partial charge in [-0.2, -0.15) is 4.98 Å². The highest BCUT2D eigenvalue weighted by atomic mass is 16.5. The molecule has 9 heteroatoms. The van der Waals surface area contributed by atoms with Gasteiger partial charge in [-0.05, 0) is 0 Å². The number of fused-ring (bicyclic) bond motifs is 1. The number of nitrogens with two attached hydrogens (primary N) is 1. The van der Waals surface area contributed by atoms with Crippen molar-refractivity contribution in [2.45, 2.75) is 18.2 Å². The van der Waals surface area contributed by atoms with Crippen molar-refractivity contribution in [2.24, 2.45) is 0 Å². The predicted molar refractivity (Wildman–Crippen MR) is 91.4 cm³/mol. The Labute approximate surface area is 144 Å². The van der Waals surface area contributed by atoms with Gasteiger partial charge in [-0.15, -0.1) is 0 Å². The van der Waals surface area contributed by atoms with Gasteiger partial charge in [0, 0.05) is 50.8 Å². The smallest absolute Gasteiger partial charge is 0.228 e. The lowest BCUT2D eigenvalue weighted by Crippen LogP contribution is -2.71. The molecule has 0 radical (unpaired) electrons. The van der Waals surface area contributed by atoms with E-state index in [1.54, 1.807) is 19.5 Å². The zero-order valence-electron chi connectivity index (χ0n) is 13.9. The van der Waals surface area contributed by atoms with Crippen molar-refractivity contribution >= 4 is 17.7 Å². The van der Waals surface area contributed by atoms with Gasteiger partial charge in [0.2, 0.25) is 11.9 Å². The first kappa shape index (κ1) is 14.8. The van der Waals surface area contributed by atoms with Crippen LogP contribution in [-0.4, -0.2) is 71.5 Å². The van der Waals surface area contributed by atoms with Gasteiger partial charge in [-0.1, -0.05) is 0 Å². The van der Waals surface area contributed by atoms with Crippen molar-refractivity contribution in [2.75, 3.05) is 48.9 Å². The van der Waals surface area contributed by atoms with Gasteiger partial charge < -0.3 is 25.0 Å². The van der Waals surface area contributed by atoms with E-state index in [1.807, 2.05) is 6.07 Å². The summed E-state index contributed by atoms with van der Waals surface area (Å²) in [5.41, 5.74) is 7.21. The lowest BCUT2D eigenvalue weighted by Gasteiger charge is -2.55. The van der Waals surface area contributed by atoms with Gasteiger partial charge in [-0.25, -0.2) is 15.0 Å². The third-order valence-corrected chi connectivity index (χ3v) is 5.11. The largest absolute Gasteiger partial charge is 0.378 e. The Bertz CT molecular complexity index is 794. The summed E-state index contributed by atoms with van der Waals surface area (Å²) >= 11 is 0. The number of hydrogen-bond acceptors (Lipinski definition) is 9. The predicted octanol–water partition coefficient (Wildman–Crippen LogP) is -0.0618. The number of nitrogen functional groups attached to an aromatic ring is 1. The second kappa shape index (κ2) is 5.50. The molecule has 130 valence electrons. The van der Waals surface area contributed by atoms with Gasteiger partial charge in [0.15, 0.2) is 0 Å². The van der Waals surface area contributed by atoms with E-state index in [2.05, 4.69) is 19.8 Å². The number of hydrogen-bond donors (Lipinski definition) is 1. The summed E-state index contributed by atoms with van der Waals surface area (Å²) in [6, 6.07) is 2.42. The third kappa shape index (κ3) is 2.38. The Morgan fingerprint density at radius 3 is 2.60 bits per heavy atom. The van der Waals surface area contributed by atoms with E-state index in [1.165, 1.54) is 0 Å². The fourth-order valence-electron chi connectivity index (χ4n) is 3.32. The van der Waals surface area contributed by atoms with Crippen LogP contribution in [0.5, 0.6) is 0 Å². The summed E-state index contributed by atoms with van der Waals surface area (Å²) in [6.45, 7) is 3.23. The highest BCUT2D eigenvalue weighted by Crippen LogP contribution is 2.36. The molecular weight excluding hydrogens is 322 g/mol. The van der Waals surface area contributed by atoms with E-state index in [4.69, 9.17) is 25.2 Å². The molecule has 0 bridgehead atoms. The Morgan fingerprint density at radius 2 is 2.00 bits per heavy atom. The molecule has 3 saturated heterocycles. The third-order valence-electron chi connectivity index (χ3n) is 5.11. The van der Waals surface area contributed by atoms with Crippen LogP contribution in [0.1, 0.15) is 0 Å². The van der Waals surface area contributed by atoms with Crippen LogP contribution in [0.15, 0.2) is 18.5 Å². The molecule has 25 heavy (non-hydrogen) atoms. The van der Waals surface area contributed by atoms with E-state index in [0.717, 1.165) is 43.3 Å². The quantitative estimate of drug-likeness (QED) is 0.819. The fourth-order valence-corrected chi connectivity index (χ4v) is 3.32. The van der Waals surface area contributed by atoms with Gasteiger partial charge in [0.25, 0.3) is 0 Å². The maximum Gasteiger partial charge on any atom is 0.228 e. The number of anilines is 3. The Balaban J connectivity index is 1.49. The van der Waals surface area contributed by atoms with Crippen LogP contribution in [0.4, 0.5) is 17.7 Å². The maximum absolute atomic E-state index is 5.59. The highest BCUT2D eigenvalue weighted by molar-refractivity contribution is 5.65. The Kier molecular flexibility index (Phi) is 3.25. The van der Waals surface area contributed by atoms with Gasteiger partial charge in [0.1, 0.15) is 5.82 Å². The van der Waals surface area contributed by atoms with Gasteiger partial charge in [0.05, 0.1) is 30.6 Å². The number of ether oxygens (including phenoxy) is 2. The summed E-state index contributed by atoms with van der Waals surface area (Å²) < 4.78 is 10.9. The minimum Gasteiger partial charge on any atom is -0.378 e. The van der Waals surface area contributed by atoms with Crippen LogP contribution in [0, 0.1) is 0 Å². The van der Waals surface area contributed by atoms with E-state index in [-0.39, 0.29) is 12.1 Å². The molecule has 0 aliphatic carbocycles. The number of morpholine rings is 1. The van der Waals surface area contributed by atoms with Crippen LogP contribution in [0.25, 0.3) is 11.3 Å². The molecule has 5 heterocycles. The molecule has 2 N–H and O–H groups in total. The van der Waals surface area contributed by atoms with Crippen molar-refractivity contribution < 1.29 is 9.47 Å². The SMILES string of the molecule is COC1CN(c2nc(-c3cnc(N)nc3)cc(N3CC4OC[C@H]43)n2)C1. The zero-order chi connectivity index (χ0) is 17.0. The molecule has 0 aromatic carbocycles. The molecule has 2 aromatic rings. The summed E-state index contributed by atoms with van der Waals surface area (Å²) in [5.74, 6) is 1.88. The molecular formula is C16H19N7O2. The normalized spacial score (nSPS) is 25.0. The molecule has 2 aromatic heterocycles. The van der Waals surface area contributed by atoms with Gasteiger partial charge >= 0.3 is 0 Å². The Morgan fingerprint density at radius 1 is 1.20 bits per heavy atom. The Hall–Kier alpha value is -2.52. The maximum atomic E-state index is 5.59. The van der Waals surface area contributed by atoms with Crippen molar-refractivity contribution in [1.82, 2.24) is 19.9 Å². The van der Waals surface area contributed by atoms with Crippen LogP contribution in [0.3, 0.4) is 0 Å². The minimum atomic E-state index is 0.240. The first-order valence-electron chi connectivity index (χ1n) is 8.34. The first-order chi connectivity index (χ1) is 12.2. The molecule has 0 spiro atoms. The van der Waals surface area contributed by atoms with E-state index in [0.29, 0.717) is 18.1 Å². The van der Waals surface area contributed by atoms with Crippen LogP contribution in [0.2, 0.25) is 0 Å². The molecule has 5 rings (SSSR count). The number of rotatable bonds is 4. The lowest BCUT2D eigenvalue weighted by atomic mass is 9.95. The summed E-state index contributed by atoms with van der Waals surface area (Å²) in [5, 5.41) is 0. The van der Waals surface area contributed by atoms with Crippen molar-refractivity contribution in [1.29, 1.82) is 0 Å². The monoisotopic (exact) mass is 341 g/mol. The van der Waals surface area contributed by atoms with E-state index >= 15 is 0 Å². The van der Waals surface area contributed by atoms with E-state index in [9.17, 15) is 0 Å². The standard InChI is InChI=1S/C16H19N7O2/c1-24-10-5-22(6-10)16-20-11(9-3-18-15(17)19-4-9)2-14(21-16)23-7-13-12(23)8-25-13/h2-4,10,12-13H,5-8H2,1H3,(H2,17,18,19)/t12-,13?/m1/s1. The molecule has 3 fully saturated rings. The average Bonchev–Trinajstić information content (AvgIpc) is 2.57. The summed E-state index contributed by atoms with van der Waals surface area (Å²) in [7, 11) is 1.73. The molecule has 9 nitrogen and oxygen atoms in total. The van der Waals surface area contributed by atoms with Crippen LogP contribution >= 0.6 is 0 Å². The molecule has 0 amide bonds. The number of nitrogens with zero attached hydrogens (tertiary/aromatic N) is 6. The lowest BCUT2D eigenvalue weighted by molar-refractivity contribution is -0.113. The van der Waals surface area contributed by atoms with Gasteiger partial charge in [-0.3, -0.25) is 0 Å². The minimum absolute atomic E-state index is 0.240. The molecule has 3 aliphatic heterocycles. The van der Waals surface area contributed by atoms with Crippen LogP contribution < -0.4 is 15.5 Å². The fraction of sp³-hybridized carbons (Fsp3) is 0.500. The molecule has 0 saturated carbocycles. The second-order valence-electron chi connectivity index (χ2n) is 6.60. The second-order valence-corrected chi connectivity index (χ2v) is 6.60. The van der Waals surface area contributed by atoms with Crippen LogP contribution in [-0.2, 0) is 9.47 Å². The number of methoxy groups -OCH3 is 1. The molecule has 1 unspecified atom stereocenters. The molecule has 3 aliphatic rings. The topological polar surface area (TPSA) is 103 Å². The zero-order valence-corrected chi connectivity index (χ0v) is 13.9.